The summed E-state index contributed by atoms with van der Waals surface area (Å²) in [5.74, 6) is 1.19. The minimum atomic E-state index is 0.577. The van der Waals surface area contributed by atoms with Crippen LogP contribution in [-0.2, 0) is 0 Å². The molecule has 0 saturated heterocycles. The van der Waals surface area contributed by atoms with Gasteiger partial charge in [-0.2, -0.15) is 0 Å². The van der Waals surface area contributed by atoms with E-state index in [1.807, 2.05) is 18.2 Å². The van der Waals surface area contributed by atoms with Gasteiger partial charge in [0.05, 0.1) is 0 Å². The monoisotopic (exact) mass is 302 g/mol. The van der Waals surface area contributed by atoms with Crippen molar-refractivity contribution in [2.24, 2.45) is 5.92 Å². The Morgan fingerprint density at radius 2 is 1.89 bits per heavy atom. The average Bonchev–Trinajstić information content (AvgIpc) is 2.41. The van der Waals surface area contributed by atoms with Gasteiger partial charge in [-0.05, 0) is 42.5 Å². The molecule has 0 aliphatic heterocycles. The highest BCUT2D eigenvalue weighted by atomic mass is 35.5. The van der Waals surface area contributed by atoms with Crippen LogP contribution in [0.15, 0.2) is 23.8 Å². The molecule has 1 aliphatic rings. The molecule has 18 heavy (non-hydrogen) atoms. The lowest BCUT2D eigenvalue weighted by Crippen LogP contribution is -2.10. The first-order valence-electron chi connectivity index (χ1n) is 6.42. The number of alkyl halides is 1. The summed E-state index contributed by atoms with van der Waals surface area (Å²) in [7, 11) is 0. The van der Waals surface area contributed by atoms with E-state index in [1.165, 1.54) is 37.7 Å². The summed E-state index contributed by atoms with van der Waals surface area (Å²) in [6.45, 7) is 0. The standard InChI is InChI=1S/C15H17Cl3/c16-10-13(11-4-2-1-3-5-11)8-12-9-14(17)6-7-15(12)18/h6-9,11H,1-5,10H2/b13-8-. The predicted molar refractivity (Wildman–Crippen MR) is 81.7 cm³/mol. The van der Waals surface area contributed by atoms with Crippen LogP contribution in [0.3, 0.4) is 0 Å². The summed E-state index contributed by atoms with van der Waals surface area (Å²) in [4.78, 5) is 0. The van der Waals surface area contributed by atoms with E-state index in [4.69, 9.17) is 34.8 Å². The van der Waals surface area contributed by atoms with Gasteiger partial charge in [0.25, 0.3) is 0 Å². The summed E-state index contributed by atoms with van der Waals surface area (Å²) in [6, 6.07) is 5.55. The number of halogens is 3. The van der Waals surface area contributed by atoms with E-state index in [-0.39, 0.29) is 0 Å². The van der Waals surface area contributed by atoms with Gasteiger partial charge in [-0.1, -0.05) is 54.1 Å². The summed E-state index contributed by atoms with van der Waals surface area (Å²) in [6.07, 6.45) is 8.58. The van der Waals surface area contributed by atoms with Gasteiger partial charge in [0.15, 0.2) is 0 Å². The highest BCUT2D eigenvalue weighted by Gasteiger charge is 2.17. The summed E-state index contributed by atoms with van der Waals surface area (Å²) < 4.78 is 0. The van der Waals surface area contributed by atoms with E-state index in [0.717, 1.165) is 10.6 Å². The highest BCUT2D eigenvalue weighted by molar-refractivity contribution is 6.34. The Labute approximate surface area is 124 Å². The van der Waals surface area contributed by atoms with Gasteiger partial charge in [0, 0.05) is 15.9 Å². The van der Waals surface area contributed by atoms with Gasteiger partial charge in [0.1, 0.15) is 0 Å². The van der Waals surface area contributed by atoms with Crippen molar-refractivity contribution in [3.63, 3.8) is 0 Å². The minimum absolute atomic E-state index is 0.577. The quantitative estimate of drug-likeness (QED) is 0.583. The Hall–Kier alpha value is -0.170. The molecule has 1 fully saturated rings. The zero-order valence-electron chi connectivity index (χ0n) is 10.3. The van der Waals surface area contributed by atoms with Crippen molar-refractivity contribution in [2.75, 3.05) is 5.88 Å². The molecule has 1 saturated carbocycles. The van der Waals surface area contributed by atoms with E-state index in [1.54, 1.807) is 0 Å². The number of benzene rings is 1. The number of allylic oxidation sites excluding steroid dienone is 1. The van der Waals surface area contributed by atoms with Gasteiger partial charge in [-0.3, -0.25) is 0 Å². The van der Waals surface area contributed by atoms with Crippen LogP contribution < -0.4 is 0 Å². The average molecular weight is 304 g/mol. The summed E-state index contributed by atoms with van der Waals surface area (Å²) in [5, 5.41) is 1.45. The molecule has 98 valence electrons. The second-order valence-electron chi connectivity index (χ2n) is 4.85. The Morgan fingerprint density at radius 1 is 1.17 bits per heavy atom. The SMILES string of the molecule is ClC/C(=C/c1cc(Cl)ccc1Cl)C1CCCCC1. The van der Waals surface area contributed by atoms with E-state index < -0.39 is 0 Å². The third-order valence-corrected chi connectivity index (χ3v) is 4.47. The topological polar surface area (TPSA) is 0 Å². The highest BCUT2D eigenvalue weighted by Crippen LogP contribution is 2.33. The van der Waals surface area contributed by atoms with Crippen LogP contribution in [0.1, 0.15) is 37.7 Å². The number of hydrogen-bond acceptors (Lipinski definition) is 0. The third-order valence-electron chi connectivity index (χ3n) is 3.58. The van der Waals surface area contributed by atoms with Crippen LogP contribution in [0.25, 0.3) is 6.08 Å². The van der Waals surface area contributed by atoms with Crippen molar-refractivity contribution in [1.29, 1.82) is 0 Å². The zero-order chi connectivity index (χ0) is 13.0. The smallest absolute Gasteiger partial charge is 0.0479 e. The molecular formula is C15H17Cl3. The number of hydrogen-bond donors (Lipinski definition) is 0. The largest absolute Gasteiger partial charge is 0.122 e. The summed E-state index contributed by atoms with van der Waals surface area (Å²) >= 11 is 18.3. The van der Waals surface area contributed by atoms with Crippen molar-refractivity contribution in [2.45, 2.75) is 32.1 Å². The molecular weight excluding hydrogens is 287 g/mol. The molecule has 2 rings (SSSR count). The molecule has 0 radical (unpaired) electrons. The van der Waals surface area contributed by atoms with Crippen molar-refractivity contribution in [3.05, 3.63) is 39.4 Å². The third kappa shape index (κ3) is 3.66. The minimum Gasteiger partial charge on any atom is -0.122 e. The molecule has 1 aliphatic carbocycles. The first kappa shape index (κ1) is 14.2. The van der Waals surface area contributed by atoms with Gasteiger partial charge in [-0.25, -0.2) is 0 Å². The normalized spacial score (nSPS) is 18.1. The maximum Gasteiger partial charge on any atom is 0.0479 e. The maximum absolute atomic E-state index is 6.19. The van der Waals surface area contributed by atoms with Crippen LogP contribution in [0, 0.1) is 5.92 Å². The molecule has 1 aromatic carbocycles. The second-order valence-corrected chi connectivity index (χ2v) is 5.96. The van der Waals surface area contributed by atoms with Gasteiger partial charge in [-0.15, -0.1) is 11.6 Å². The first-order chi connectivity index (χ1) is 8.70. The number of rotatable bonds is 3. The van der Waals surface area contributed by atoms with E-state index in [0.29, 0.717) is 16.8 Å². The lowest BCUT2D eigenvalue weighted by Gasteiger charge is -2.23. The predicted octanol–water partition coefficient (Wildman–Crippen LogP) is 6.20. The van der Waals surface area contributed by atoms with Crippen LogP contribution in [0.2, 0.25) is 10.0 Å². The van der Waals surface area contributed by atoms with Crippen LogP contribution in [0.4, 0.5) is 0 Å². The molecule has 0 N–H and O–H groups in total. The first-order valence-corrected chi connectivity index (χ1v) is 7.71. The Bertz CT molecular complexity index is 431. The molecule has 0 bridgehead atoms. The molecule has 3 heteroatoms. The zero-order valence-corrected chi connectivity index (χ0v) is 12.5. The van der Waals surface area contributed by atoms with E-state index >= 15 is 0 Å². The molecule has 0 spiro atoms. The summed E-state index contributed by atoms with van der Waals surface area (Å²) in [5.41, 5.74) is 2.27. The van der Waals surface area contributed by atoms with Crippen LogP contribution in [0.5, 0.6) is 0 Å². The Kier molecular flexibility index (Phi) is 5.41. The van der Waals surface area contributed by atoms with Crippen LogP contribution in [-0.4, -0.2) is 5.88 Å². The van der Waals surface area contributed by atoms with Crippen molar-refractivity contribution in [1.82, 2.24) is 0 Å². The molecule has 0 aromatic heterocycles. The molecule has 0 atom stereocenters. The van der Waals surface area contributed by atoms with Gasteiger partial charge >= 0.3 is 0 Å². The Morgan fingerprint density at radius 3 is 2.56 bits per heavy atom. The van der Waals surface area contributed by atoms with Gasteiger partial charge in [0.2, 0.25) is 0 Å². The van der Waals surface area contributed by atoms with Crippen molar-refractivity contribution in [3.8, 4) is 0 Å². The second kappa shape index (κ2) is 6.84. The molecule has 0 nitrogen and oxygen atoms in total. The van der Waals surface area contributed by atoms with E-state index in [9.17, 15) is 0 Å². The van der Waals surface area contributed by atoms with Crippen LogP contribution >= 0.6 is 34.8 Å². The molecule has 0 unspecified atom stereocenters. The Balaban J connectivity index is 2.24. The lowest BCUT2D eigenvalue weighted by atomic mass is 9.83. The molecule has 1 aromatic rings. The van der Waals surface area contributed by atoms with Gasteiger partial charge < -0.3 is 0 Å². The lowest BCUT2D eigenvalue weighted by molar-refractivity contribution is 0.405. The fourth-order valence-electron chi connectivity index (χ4n) is 2.56. The van der Waals surface area contributed by atoms with E-state index in [2.05, 4.69) is 6.08 Å². The molecule has 0 amide bonds. The fourth-order valence-corrected chi connectivity index (χ4v) is 3.21. The fraction of sp³-hybridized carbons (Fsp3) is 0.467. The molecule has 0 heterocycles. The van der Waals surface area contributed by atoms with Crippen molar-refractivity contribution >= 4 is 40.9 Å². The maximum atomic E-state index is 6.19. The van der Waals surface area contributed by atoms with Crippen molar-refractivity contribution < 1.29 is 0 Å².